The highest BCUT2D eigenvalue weighted by molar-refractivity contribution is 6.01. The van der Waals surface area contributed by atoms with Gasteiger partial charge in [0.25, 0.3) is 5.91 Å². The van der Waals surface area contributed by atoms with Gasteiger partial charge in [-0.15, -0.1) is 0 Å². The Morgan fingerprint density at radius 3 is 2.76 bits per heavy atom. The number of ether oxygens (including phenoxy) is 4. The Labute approximate surface area is 193 Å². The van der Waals surface area contributed by atoms with Gasteiger partial charge >= 0.3 is 0 Å². The van der Waals surface area contributed by atoms with Crippen molar-refractivity contribution in [2.75, 3.05) is 13.9 Å². The van der Waals surface area contributed by atoms with E-state index in [-0.39, 0.29) is 24.3 Å². The van der Waals surface area contributed by atoms with Crippen molar-refractivity contribution < 1.29 is 23.7 Å². The van der Waals surface area contributed by atoms with Gasteiger partial charge in [-0.2, -0.15) is 5.26 Å². The molecule has 2 aliphatic rings. The van der Waals surface area contributed by atoms with E-state index in [0.29, 0.717) is 35.3 Å². The molecule has 1 saturated carbocycles. The van der Waals surface area contributed by atoms with Crippen LogP contribution in [0.1, 0.15) is 43.7 Å². The molecule has 7 heteroatoms. The number of rotatable bonds is 7. The first-order valence-corrected chi connectivity index (χ1v) is 11.2. The first-order chi connectivity index (χ1) is 16.1. The van der Waals surface area contributed by atoms with Crippen LogP contribution in [0.3, 0.4) is 0 Å². The number of nitriles is 1. The SMILES string of the molecule is COc1cc(/C=C(\C#N)C(=O)N[C@H]2CCCC[C@@H]2C)ccc1OCc1ccc2c(c1)OCO2. The Bertz CT molecular complexity index is 1090. The van der Waals surface area contributed by atoms with Crippen LogP contribution in [0.25, 0.3) is 6.08 Å². The van der Waals surface area contributed by atoms with Gasteiger partial charge in [-0.1, -0.05) is 31.9 Å². The van der Waals surface area contributed by atoms with E-state index >= 15 is 0 Å². The molecule has 2 atom stereocenters. The molecule has 0 saturated heterocycles. The van der Waals surface area contributed by atoms with Crippen LogP contribution >= 0.6 is 0 Å². The quantitative estimate of drug-likeness (QED) is 0.492. The first-order valence-electron chi connectivity index (χ1n) is 11.2. The van der Waals surface area contributed by atoms with Crippen LogP contribution in [-0.2, 0) is 11.4 Å². The Kier molecular flexibility index (Phi) is 7.04. The number of nitrogens with zero attached hydrogens (tertiary/aromatic N) is 1. The van der Waals surface area contributed by atoms with E-state index in [0.717, 1.165) is 30.6 Å². The minimum absolute atomic E-state index is 0.0730. The van der Waals surface area contributed by atoms with Gasteiger partial charge in [0, 0.05) is 6.04 Å². The molecule has 1 N–H and O–H groups in total. The van der Waals surface area contributed by atoms with Crippen LogP contribution in [0.5, 0.6) is 23.0 Å². The van der Waals surface area contributed by atoms with E-state index in [1.165, 1.54) is 6.42 Å². The van der Waals surface area contributed by atoms with Gasteiger partial charge in [0.05, 0.1) is 7.11 Å². The number of methoxy groups -OCH3 is 1. The third-order valence-electron chi connectivity index (χ3n) is 6.12. The molecule has 0 radical (unpaired) electrons. The fourth-order valence-electron chi connectivity index (χ4n) is 4.18. The zero-order chi connectivity index (χ0) is 23.2. The Balaban J connectivity index is 1.44. The number of amides is 1. The fourth-order valence-corrected chi connectivity index (χ4v) is 4.18. The van der Waals surface area contributed by atoms with E-state index < -0.39 is 0 Å². The number of hydrogen-bond donors (Lipinski definition) is 1. The highest BCUT2D eigenvalue weighted by Gasteiger charge is 2.24. The van der Waals surface area contributed by atoms with Crippen molar-refractivity contribution in [1.29, 1.82) is 5.26 Å². The van der Waals surface area contributed by atoms with Crippen LogP contribution in [0.15, 0.2) is 42.0 Å². The molecule has 0 aromatic heterocycles. The number of carbonyl (C=O) groups is 1. The minimum atomic E-state index is -0.335. The number of nitrogens with one attached hydrogen (secondary N) is 1. The van der Waals surface area contributed by atoms with Gasteiger partial charge in [0.2, 0.25) is 6.79 Å². The maximum Gasteiger partial charge on any atom is 0.262 e. The summed E-state index contributed by atoms with van der Waals surface area (Å²) in [7, 11) is 1.55. The predicted molar refractivity (Wildman–Crippen MR) is 123 cm³/mol. The second kappa shape index (κ2) is 10.3. The number of hydrogen-bond acceptors (Lipinski definition) is 6. The Hall–Kier alpha value is -3.66. The topological polar surface area (TPSA) is 89.8 Å². The van der Waals surface area contributed by atoms with Crippen molar-refractivity contribution in [1.82, 2.24) is 5.32 Å². The lowest BCUT2D eigenvalue weighted by atomic mass is 9.86. The number of fused-ring (bicyclic) bond motifs is 1. The molecule has 2 aromatic carbocycles. The van der Waals surface area contributed by atoms with Crippen molar-refractivity contribution in [3.63, 3.8) is 0 Å². The molecule has 0 spiro atoms. The van der Waals surface area contributed by atoms with Crippen molar-refractivity contribution in [3.05, 3.63) is 53.1 Å². The second-order valence-corrected chi connectivity index (χ2v) is 8.40. The van der Waals surface area contributed by atoms with Crippen LogP contribution in [-0.4, -0.2) is 25.9 Å². The van der Waals surface area contributed by atoms with E-state index in [2.05, 4.69) is 12.2 Å². The fraction of sp³-hybridized carbons (Fsp3) is 0.385. The number of carbonyl (C=O) groups excluding carboxylic acids is 1. The van der Waals surface area contributed by atoms with Crippen LogP contribution in [0.2, 0.25) is 0 Å². The third kappa shape index (κ3) is 5.40. The Morgan fingerprint density at radius 1 is 1.15 bits per heavy atom. The lowest BCUT2D eigenvalue weighted by Gasteiger charge is -2.29. The summed E-state index contributed by atoms with van der Waals surface area (Å²) in [6.07, 6.45) is 5.92. The zero-order valence-corrected chi connectivity index (χ0v) is 18.9. The molecule has 1 aliphatic heterocycles. The molecule has 1 amide bonds. The van der Waals surface area contributed by atoms with Crippen LogP contribution in [0, 0.1) is 17.2 Å². The minimum Gasteiger partial charge on any atom is -0.493 e. The molecular formula is C26H28N2O5. The van der Waals surface area contributed by atoms with Crippen LogP contribution in [0.4, 0.5) is 0 Å². The molecule has 2 aromatic rings. The summed E-state index contributed by atoms with van der Waals surface area (Å²) < 4.78 is 22.1. The highest BCUT2D eigenvalue weighted by Crippen LogP contribution is 2.34. The van der Waals surface area contributed by atoms with Gasteiger partial charge < -0.3 is 24.3 Å². The second-order valence-electron chi connectivity index (χ2n) is 8.40. The monoisotopic (exact) mass is 448 g/mol. The molecule has 33 heavy (non-hydrogen) atoms. The van der Waals surface area contributed by atoms with Crippen molar-refractivity contribution in [3.8, 4) is 29.1 Å². The van der Waals surface area contributed by atoms with Gasteiger partial charge in [-0.3, -0.25) is 4.79 Å². The maximum atomic E-state index is 12.7. The van der Waals surface area contributed by atoms with Gasteiger partial charge in [-0.05, 0) is 60.2 Å². The molecule has 1 heterocycles. The zero-order valence-electron chi connectivity index (χ0n) is 18.9. The summed E-state index contributed by atoms with van der Waals surface area (Å²) in [6.45, 7) is 2.70. The van der Waals surface area contributed by atoms with E-state index in [1.54, 1.807) is 31.4 Å². The standard InChI is InChI=1S/C26H28N2O5/c1-17-5-3-4-6-21(17)28-26(29)20(14-27)11-18-7-9-22(24(12-18)30-2)31-15-19-8-10-23-25(13-19)33-16-32-23/h7-13,17,21H,3-6,15-16H2,1-2H3,(H,28,29)/b20-11+/t17-,21-/m0/s1. The molecule has 0 bridgehead atoms. The molecular weight excluding hydrogens is 420 g/mol. The molecule has 172 valence electrons. The molecule has 4 rings (SSSR count). The summed E-state index contributed by atoms with van der Waals surface area (Å²) in [5.41, 5.74) is 1.69. The smallest absolute Gasteiger partial charge is 0.262 e. The maximum absolute atomic E-state index is 12.7. The largest absolute Gasteiger partial charge is 0.493 e. The average Bonchev–Trinajstić information content (AvgIpc) is 3.30. The van der Waals surface area contributed by atoms with Gasteiger partial charge in [-0.25, -0.2) is 0 Å². The van der Waals surface area contributed by atoms with E-state index in [4.69, 9.17) is 18.9 Å². The lowest BCUT2D eigenvalue weighted by molar-refractivity contribution is -0.118. The van der Waals surface area contributed by atoms with Crippen molar-refractivity contribution in [2.45, 2.75) is 45.3 Å². The molecule has 0 unspecified atom stereocenters. The first kappa shape index (κ1) is 22.5. The van der Waals surface area contributed by atoms with Crippen molar-refractivity contribution in [2.24, 2.45) is 5.92 Å². The van der Waals surface area contributed by atoms with Gasteiger partial charge in [0.15, 0.2) is 23.0 Å². The summed E-state index contributed by atoms with van der Waals surface area (Å²) in [5, 5.41) is 12.6. The molecule has 1 aliphatic carbocycles. The third-order valence-corrected chi connectivity index (χ3v) is 6.12. The van der Waals surface area contributed by atoms with Crippen molar-refractivity contribution >= 4 is 12.0 Å². The summed E-state index contributed by atoms with van der Waals surface area (Å²) >= 11 is 0. The highest BCUT2D eigenvalue weighted by atomic mass is 16.7. The molecule has 1 fully saturated rings. The summed E-state index contributed by atoms with van der Waals surface area (Å²) in [4.78, 5) is 12.7. The molecule has 7 nitrogen and oxygen atoms in total. The predicted octanol–water partition coefficient (Wildman–Crippen LogP) is 4.60. The van der Waals surface area contributed by atoms with Crippen LogP contribution < -0.4 is 24.3 Å². The lowest BCUT2D eigenvalue weighted by Crippen LogP contribution is -2.41. The normalized spacial score (nSPS) is 19.5. The Morgan fingerprint density at radius 2 is 1.97 bits per heavy atom. The van der Waals surface area contributed by atoms with Gasteiger partial charge in [0.1, 0.15) is 18.2 Å². The summed E-state index contributed by atoms with van der Waals surface area (Å²) in [5.74, 6) is 2.59. The average molecular weight is 449 g/mol. The van der Waals surface area contributed by atoms with E-state index in [9.17, 15) is 10.1 Å². The number of benzene rings is 2. The summed E-state index contributed by atoms with van der Waals surface area (Å²) in [6, 6.07) is 13.1. The van der Waals surface area contributed by atoms with E-state index in [1.807, 2.05) is 24.3 Å².